The van der Waals surface area contributed by atoms with E-state index in [1.807, 2.05) is 48.1 Å². The maximum atomic E-state index is 9.38. The van der Waals surface area contributed by atoms with Crippen molar-refractivity contribution >= 4 is 29.9 Å². The molecule has 0 saturated carbocycles. The summed E-state index contributed by atoms with van der Waals surface area (Å²) < 4.78 is 1.92. The van der Waals surface area contributed by atoms with Crippen molar-refractivity contribution in [2.24, 2.45) is 4.99 Å². The highest BCUT2D eigenvalue weighted by Gasteiger charge is 2.05. The van der Waals surface area contributed by atoms with Crippen LogP contribution in [0.15, 0.2) is 72.0 Å². The van der Waals surface area contributed by atoms with E-state index >= 15 is 0 Å². The van der Waals surface area contributed by atoms with Crippen LogP contribution in [0.25, 0.3) is 0 Å². The molecule has 7 heteroatoms. The number of halogens is 1. The van der Waals surface area contributed by atoms with Gasteiger partial charge >= 0.3 is 0 Å². The van der Waals surface area contributed by atoms with Gasteiger partial charge in [-0.1, -0.05) is 36.4 Å². The summed E-state index contributed by atoms with van der Waals surface area (Å²) >= 11 is 0. The van der Waals surface area contributed by atoms with Gasteiger partial charge in [-0.25, -0.2) is 4.99 Å². The van der Waals surface area contributed by atoms with Crippen molar-refractivity contribution in [2.75, 3.05) is 6.54 Å². The van der Waals surface area contributed by atoms with Crippen molar-refractivity contribution in [1.82, 2.24) is 20.4 Å². The zero-order chi connectivity index (χ0) is 18.9. The minimum atomic E-state index is 0. The lowest BCUT2D eigenvalue weighted by Crippen LogP contribution is -2.37. The van der Waals surface area contributed by atoms with Crippen LogP contribution in [0.2, 0.25) is 0 Å². The van der Waals surface area contributed by atoms with Crippen molar-refractivity contribution < 1.29 is 5.11 Å². The number of guanidine groups is 1. The Balaban J connectivity index is 0.00000280. The third-order valence-corrected chi connectivity index (χ3v) is 4.16. The van der Waals surface area contributed by atoms with Gasteiger partial charge in [-0.05, 0) is 41.8 Å². The maximum absolute atomic E-state index is 9.38. The van der Waals surface area contributed by atoms with E-state index in [0.717, 1.165) is 24.6 Å². The van der Waals surface area contributed by atoms with Gasteiger partial charge in [0.25, 0.3) is 0 Å². The maximum Gasteiger partial charge on any atom is 0.191 e. The summed E-state index contributed by atoms with van der Waals surface area (Å²) in [6, 6.07) is 17.4. The molecule has 28 heavy (non-hydrogen) atoms. The summed E-state index contributed by atoms with van der Waals surface area (Å²) in [4.78, 5) is 4.63. The van der Waals surface area contributed by atoms with Gasteiger partial charge in [-0.15, -0.1) is 24.0 Å². The van der Waals surface area contributed by atoms with E-state index in [9.17, 15) is 5.11 Å². The molecule has 0 aliphatic rings. The van der Waals surface area contributed by atoms with E-state index in [1.165, 1.54) is 11.1 Å². The highest BCUT2D eigenvalue weighted by atomic mass is 127. The number of aliphatic imine (C=N–C) groups is 1. The molecule has 148 valence electrons. The molecular formula is C21H26IN5O. The Morgan fingerprint density at radius 3 is 2.46 bits per heavy atom. The minimum Gasteiger partial charge on any atom is -0.508 e. The SMILES string of the molecule is CCNC(=NCc1ccc(O)cc1)NCc1ccccc1Cn1cccn1.I. The normalized spacial score (nSPS) is 11.0. The topological polar surface area (TPSA) is 74.5 Å². The third kappa shape index (κ3) is 6.56. The van der Waals surface area contributed by atoms with Crippen molar-refractivity contribution in [3.05, 3.63) is 83.7 Å². The highest BCUT2D eigenvalue weighted by Crippen LogP contribution is 2.11. The van der Waals surface area contributed by atoms with Crippen molar-refractivity contribution in [3.63, 3.8) is 0 Å². The van der Waals surface area contributed by atoms with E-state index in [0.29, 0.717) is 13.1 Å². The zero-order valence-corrected chi connectivity index (χ0v) is 18.2. The van der Waals surface area contributed by atoms with Crippen LogP contribution >= 0.6 is 24.0 Å². The second kappa shape index (κ2) is 11.3. The molecule has 0 amide bonds. The summed E-state index contributed by atoms with van der Waals surface area (Å²) in [5.41, 5.74) is 3.48. The van der Waals surface area contributed by atoms with Crippen molar-refractivity contribution in [1.29, 1.82) is 0 Å². The number of rotatable bonds is 7. The molecule has 0 fully saturated rings. The summed E-state index contributed by atoms with van der Waals surface area (Å²) in [5.74, 6) is 1.03. The lowest BCUT2D eigenvalue weighted by Gasteiger charge is -2.14. The Morgan fingerprint density at radius 1 is 1.04 bits per heavy atom. The lowest BCUT2D eigenvalue weighted by atomic mass is 10.1. The number of hydrogen-bond acceptors (Lipinski definition) is 3. The number of phenols is 1. The fourth-order valence-electron chi connectivity index (χ4n) is 2.75. The van der Waals surface area contributed by atoms with Crippen LogP contribution in [-0.4, -0.2) is 27.4 Å². The molecule has 1 aromatic heterocycles. The molecule has 0 radical (unpaired) electrons. The largest absolute Gasteiger partial charge is 0.508 e. The Labute approximate surface area is 182 Å². The van der Waals surface area contributed by atoms with Crippen molar-refractivity contribution in [3.8, 4) is 5.75 Å². The Morgan fingerprint density at radius 2 is 1.79 bits per heavy atom. The van der Waals surface area contributed by atoms with Gasteiger partial charge < -0.3 is 15.7 Å². The van der Waals surface area contributed by atoms with Gasteiger partial charge in [0.15, 0.2) is 5.96 Å². The van der Waals surface area contributed by atoms with Crippen molar-refractivity contribution in [2.45, 2.75) is 26.6 Å². The number of phenolic OH excluding ortho intramolecular Hbond substituents is 1. The van der Waals surface area contributed by atoms with Crippen LogP contribution in [-0.2, 0) is 19.6 Å². The summed E-state index contributed by atoms with van der Waals surface area (Å²) in [6.45, 7) is 4.80. The first-order valence-electron chi connectivity index (χ1n) is 9.09. The average Bonchev–Trinajstić information content (AvgIpc) is 3.19. The average molecular weight is 491 g/mol. The van der Waals surface area contributed by atoms with Crippen LogP contribution in [0.3, 0.4) is 0 Å². The molecule has 0 aliphatic carbocycles. The second-order valence-corrected chi connectivity index (χ2v) is 6.19. The van der Waals surface area contributed by atoms with E-state index in [1.54, 1.807) is 18.3 Å². The molecular weight excluding hydrogens is 465 g/mol. The van der Waals surface area contributed by atoms with E-state index in [-0.39, 0.29) is 29.7 Å². The van der Waals surface area contributed by atoms with Crippen LogP contribution in [0.4, 0.5) is 0 Å². The quantitative estimate of drug-likeness (QED) is 0.269. The first kappa shape index (κ1) is 21.7. The Kier molecular flexibility index (Phi) is 8.80. The standard InChI is InChI=1S/C21H25N5O.HI/c1-2-22-21(23-14-17-8-10-20(27)11-9-17)24-15-18-6-3-4-7-19(18)16-26-13-5-12-25-26;/h3-13,27H,2,14-16H2,1H3,(H2,22,23,24);1H. The summed E-state index contributed by atoms with van der Waals surface area (Å²) in [5, 5.41) is 20.3. The van der Waals surface area contributed by atoms with Crippen LogP contribution in [0, 0.1) is 0 Å². The first-order chi connectivity index (χ1) is 13.2. The number of nitrogens with one attached hydrogen (secondary N) is 2. The predicted octanol–water partition coefficient (Wildman–Crippen LogP) is 3.51. The molecule has 0 atom stereocenters. The number of nitrogens with zero attached hydrogens (tertiary/aromatic N) is 3. The fraction of sp³-hybridized carbons (Fsp3) is 0.238. The van der Waals surface area contributed by atoms with Gasteiger partial charge in [0.2, 0.25) is 0 Å². The summed E-state index contributed by atoms with van der Waals surface area (Å²) in [7, 11) is 0. The molecule has 1 heterocycles. The predicted molar refractivity (Wildman–Crippen MR) is 123 cm³/mol. The van der Waals surface area contributed by atoms with E-state index in [4.69, 9.17) is 0 Å². The van der Waals surface area contributed by atoms with Gasteiger partial charge in [0.1, 0.15) is 5.75 Å². The lowest BCUT2D eigenvalue weighted by molar-refractivity contribution is 0.475. The van der Waals surface area contributed by atoms with Crippen LogP contribution in [0.1, 0.15) is 23.6 Å². The molecule has 0 saturated heterocycles. The van der Waals surface area contributed by atoms with Crippen LogP contribution in [0.5, 0.6) is 5.75 Å². The van der Waals surface area contributed by atoms with E-state index < -0.39 is 0 Å². The van der Waals surface area contributed by atoms with Gasteiger partial charge in [-0.3, -0.25) is 4.68 Å². The second-order valence-electron chi connectivity index (χ2n) is 6.19. The minimum absolute atomic E-state index is 0. The first-order valence-corrected chi connectivity index (χ1v) is 9.09. The highest BCUT2D eigenvalue weighted by molar-refractivity contribution is 14.0. The molecule has 3 rings (SSSR count). The summed E-state index contributed by atoms with van der Waals surface area (Å²) in [6.07, 6.45) is 3.76. The molecule has 2 aromatic carbocycles. The van der Waals surface area contributed by atoms with Gasteiger partial charge in [0.05, 0.1) is 13.1 Å². The Bertz CT molecular complexity index is 863. The molecule has 0 bridgehead atoms. The molecule has 6 nitrogen and oxygen atoms in total. The number of aromatic hydroxyl groups is 1. The monoisotopic (exact) mass is 491 g/mol. The molecule has 3 aromatic rings. The molecule has 0 spiro atoms. The number of aromatic nitrogens is 2. The smallest absolute Gasteiger partial charge is 0.191 e. The number of benzene rings is 2. The molecule has 0 aliphatic heterocycles. The van der Waals surface area contributed by atoms with Gasteiger partial charge in [-0.2, -0.15) is 5.10 Å². The zero-order valence-electron chi connectivity index (χ0n) is 15.9. The molecule has 3 N–H and O–H groups in total. The Hall–Kier alpha value is -2.55. The third-order valence-electron chi connectivity index (χ3n) is 4.16. The fourth-order valence-corrected chi connectivity index (χ4v) is 2.75. The number of hydrogen-bond donors (Lipinski definition) is 3. The molecule has 0 unspecified atom stereocenters. The van der Waals surface area contributed by atoms with E-state index in [2.05, 4.69) is 32.9 Å². The van der Waals surface area contributed by atoms with Crippen LogP contribution < -0.4 is 10.6 Å². The van der Waals surface area contributed by atoms with Gasteiger partial charge in [0, 0.05) is 25.5 Å².